The van der Waals surface area contributed by atoms with Crippen LogP contribution in [0.15, 0.2) is 42.9 Å². The summed E-state index contributed by atoms with van der Waals surface area (Å²) in [5, 5.41) is 9.86. The number of rotatable bonds is 7. The van der Waals surface area contributed by atoms with Gasteiger partial charge in [-0.2, -0.15) is 18.4 Å². The SMILES string of the molecule is COc1ncnc(C2CC2)c1-c1nc(C#N)cc(N2CCOCC2c2ccc(-c3nc(C(F)(F)F)cn3C(C)C)cc2)n1. The number of ether oxygens (including phenoxy) is 2. The summed E-state index contributed by atoms with van der Waals surface area (Å²) in [5.41, 5.74) is 2.09. The third kappa shape index (κ3) is 5.62. The number of hydrogen-bond acceptors (Lipinski definition) is 9. The lowest BCUT2D eigenvalue weighted by Gasteiger charge is -2.37. The highest BCUT2D eigenvalue weighted by Gasteiger charge is 2.36. The highest BCUT2D eigenvalue weighted by molar-refractivity contribution is 5.68. The number of nitriles is 1. The molecule has 0 amide bonds. The molecular weight excluding hydrogens is 561 g/mol. The minimum Gasteiger partial charge on any atom is -0.480 e. The molecule has 2 fully saturated rings. The molecule has 1 atom stereocenters. The van der Waals surface area contributed by atoms with Crippen molar-refractivity contribution in [1.29, 1.82) is 5.26 Å². The Hall–Kier alpha value is -4.57. The van der Waals surface area contributed by atoms with Crippen LogP contribution >= 0.6 is 0 Å². The molecule has 4 aromatic rings. The molecule has 0 spiro atoms. The zero-order valence-electron chi connectivity index (χ0n) is 23.8. The van der Waals surface area contributed by atoms with Gasteiger partial charge in [0.2, 0.25) is 5.88 Å². The van der Waals surface area contributed by atoms with Gasteiger partial charge in [-0.1, -0.05) is 24.3 Å². The van der Waals surface area contributed by atoms with Gasteiger partial charge in [0.15, 0.2) is 11.5 Å². The van der Waals surface area contributed by atoms with Crippen LogP contribution in [0, 0.1) is 11.3 Å². The first-order chi connectivity index (χ1) is 20.7. The number of anilines is 1. The Bertz CT molecular complexity index is 1680. The Morgan fingerprint density at radius 3 is 2.51 bits per heavy atom. The van der Waals surface area contributed by atoms with E-state index in [0.29, 0.717) is 48.4 Å². The first-order valence-electron chi connectivity index (χ1n) is 14.0. The second kappa shape index (κ2) is 11.3. The van der Waals surface area contributed by atoms with Crippen LogP contribution in [0.2, 0.25) is 0 Å². The monoisotopic (exact) mass is 590 g/mol. The number of alkyl halides is 3. The number of benzene rings is 1. The van der Waals surface area contributed by atoms with Crippen molar-refractivity contribution in [3.63, 3.8) is 0 Å². The van der Waals surface area contributed by atoms with E-state index >= 15 is 0 Å². The fourth-order valence-electron chi connectivity index (χ4n) is 5.31. The lowest BCUT2D eigenvalue weighted by atomic mass is 10.0. The fourth-order valence-corrected chi connectivity index (χ4v) is 5.31. The van der Waals surface area contributed by atoms with Gasteiger partial charge in [-0.15, -0.1) is 0 Å². The minimum absolute atomic E-state index is 0.189. The van der Waals surface area contributed by atoms with Gasteiger partial charge in [-0.05, 0) is 32.3 Å². The number of morpholine rings is 1. The Kier molecular flexibility index (Phi) is 7.47. The van der Waals surface area contributed by atoms with Gasteiger partial charge in [-0.3, -0.25) is 0 Å². The molecule has 1 saturated heterocycles. The zero-order valence-corrected chi connectivity index (χ0v) is 23.8. The molecule has 0 bridgehead atoms. The van der Waals surface area contributed by atoms with E-state index in [0.717, 1.165) is 30.3 Å². The lowest BCUT2D eigenvalue weighted by Crippen LogP contribution is -2.40. The molecule has 1 unspecified atom stereocenters. The number of methoxy groups -OCH3 is 1. The molecule has 0 radical (unpaired) electrons. The number of nitrogens with zero attached hydrogens (tertiary/aromatic N) is 8. The van der Waals surface area contributed by atoms with Crippen molar-refractivity contribution in [3.05, 3.63) is 65.5 Å². The molecule has 222 valence electrons. The van der Waals surface area contributed by atoms with Crippen molar-refractivity contribution in [3.8, 4) is 34.7 Å². The Morgan fingerprint density at radius 1 is 1.09 bits per heavy atom. The highest BCUT2D eigenvalue weighted by Crippen LogP contribution is 2.45. The number of aromatic nitrogens is 6. The van der Waals surface area contributed by atoms with Crippen LogP contribution in [0.5, 0.6) is 5.88 Å². The van der Waals surface area contributed by atoms with Crippen LogP contribution < -0.4 is 9.64 Å². The highest BCUT2D eigenvalue weighted by atomic mass is 19.4. The van der Waals surface area contributed by atoms with Gasteiger partial charge in [0, 0.05) is 36.3 Å². The van der Waals surface area contributed by atoms with Crippen LogP contribution in [0.25, 0.3) is 22.8 Å². The molecule has 6 rings (SSSR count). The van der Waals surface area contributed by atoms with Crippen LogP contribution in [-0.2, 0) is 10.9 Å². The summed E-state index contributed by atoms with van der Waals surface area (Å²) in [7, 11) is 1.52. The molecule has 3 aromatic heterocycles. The molecule has 13 heteroatoms. The fraction of sp³-hybridized carbons (Fsp3) is 0.400. The normalized spacial score (nSPS) is 17.3. The maximum atomic E-state index is 13.4. The third-order valence-corrected chi connectivity index (χ3v) is 7.61. The summed E-state index contributed by atoms with van der Waals surface area (Å²) in [4.78, 5) is 24.1. The van der Waals surface area contributed by atoms with E-state index in [1.807, 2.05) is 26.0 Å². The molecule has 1 aliphatic carbocycles. The van der Waals surface area contributed by atoms with Crippen molar-refractivity contribution in [2.75, 3.05) is 31.8 Å². The Labute approximate surface area is 246 Å². The van der Waals surface area contributed by atoms with Gasteiger partial charge < -0.3 is 18.9 Å². The first-order valence-corrected chi connectivity index (χ1v) is 14.0. The van der Waals surface area contributed by atoms with Crippen molar-refractivity contribution < 1.29 is 22.6 Å². The predicted octanol–water partition coefficient (Wildman–Crippen LogP) is 5.73. The predicted molar refractivity (Wildman–Crippen MR) is 150 cm³/mol. The summed E-state index contributed by atoms with van der Waals surface area (Å²) < 4.78 is 53.2. The molecule has 0 N–H and O–H groups in total. The van der Waals surface area contributed by atoms with Crippen LogP contribution in [0.4, 0.5) is 19.0 Å². The molecule has 1 aliphatic heterocycles. The second-order valence-corrected chi connectivity index (χ2v) is 10.8. The van der Waals surface area contributed by atoms with Gasteiger partial charge in [-0.25, -0.2) is 24.9 Å². The minimum atomic E-state index is -4.54. The Morgan fingerprint density at radius 2 is 1.86 bits per heavy atom. The summed E-state index contributed by atoms with van der Waals surface area (Å²) in [6, 6.07) is 10.6. The maximum absolute atomic E-state index is 13.4. The second-order valence-electron chi connectivity index (χ2n) is 10.8. The van der Waals surface area contributed by atoms with Crippen molar-refractivity contribution in [2.24, 2.45) is 0 Å². The van der Waals surface area contributed by atoms with E-state index < -0.39 is 11.9 Å². The Balaban J connectivity index is 1.37. The molecule has 1 saturated carbocycles. The quantitative estimate of drug-likeness (QED) is 0.266. The van der Waals surface area contributed by atoms with Crippen LogP contribution in [0.3, 0.4) is 0 Å². The zero-order chi connectivity index (χ0) is 30.3. The van der Waals surface area contributed by atoms with Gasteiger partial charge in [0.05, 0.1) is 32.1 Å². The summed E-state index contributed by atoms with van der Waals surface area (Å²) >= 11 is 0. The molecule has 4 heterocycles. The summed E-state index contributed by atoms with van der Waals surface area (Å²) in [6.45, 7) is 4.93. The van der Waals surface area contributed by atoms with E-state index in [1.54, 1.807) is 18.2 Å². The topological polar surface area (TPSA) is 115 Å². The van der Waals surface area contributed by atoms with Crippen molar-refractivity contribution in [2.45, 2.75) is 50.9 Å². The average molecular weight is 591 g/mol. The van der Waals surface area contributed by atoms with E-state index in [2.05, 4.69) is 30.9 Å². The smallest absolute Gasteiger partial charge is 0.434 e. The lowest BCUT2D eigenvalue weighted by molar-refractivity contribution is -0.140. The van der Waals surface area contributed by atoms with Gasteiger partial charge >= 0.3 is 6.18 Å². The van der Waals surface area contributed by atoms with Crippen molar-refractivity contribution >= 4 is 5.82 Å². The average Bonchev–Trinajstić information content (AvgIpc) is 3.76. The van der Waals surface area contributed by atoms with Crippen LogP contribution in [-0.4, -0.2) is 56.4 Å². The van der Waals surface area contributed by atoms with E-state index in [1.165, 1.54) is 18.0 Å². The number of halogens is 3. The van der Waals surface area contributed by atoms with Crippen molar-refractivity contribution in [1.82, 2.24) is 29.5 Å². The van der Waals surface area contributed by atoms with E-state index in [-0.39, 0.29) is 29.5 Å². The maximum Gasteiger partial charge on any atom is 0.434 e. The molecule has 10 nitrogen and oxygen atoms in total. The standard InChI is InChI=1S/C30H29F3N8O2/c1-17(2)41-14-23(30(31,32)33)38-28(41)20-8-4-18(5-9-20)22-15-43-11-10-40(22)24-12-21(13-34)37-27(39-24)25-26(19-6-7-19)35-16-36-29(25)42-3/h4-5,8-9,12,14,16-17,19,22H,6-7,10-11,15H2,1-3H3. The van der Waals surface area contributed by atoms with Crippen LogP contribution in [0.1, 0.15) is 67.3 Å². The first kappa shape index (κ1) is 28.5. The number of imidazole rings is 1. The summed E-state index contributed by atoms with van der Waals surface area (Å²) in [6.07, 6.45) is -0.0403. The van der Waals surface area contributed by atoms with E-state index in [9.17, 15) is 18.4 Å². The van der Waals surface area contributed by atoms with Gasteiger partial charge in [0.1, 0.15) is 35.3 Å². The molecule has 1 aromatic carbocycles. The molecular formula is C30H29F3N8O2. The molecule has 43 heavy (non-hydrogen) atoms. The third-order valence-electron chi connectivity index (χ3n) is 7.61. The molecule has 2 aliphatic rings. The largest absolute Gasteiger partial charge is 0.480 e. The van der Waals surface area contributed by atoms with E-state index in [4.69, 9.17) is 14.5 Å². The van der Waals surface area contributed by atoms with Gasteiger partial charge in [0.25, 0.3) is 0 Å². The number of hydrogen-bond donors (Lipinski definition) is 0. The summed E-state index contributed by atoms with van der Waals surface area (Å²) in [5.74, 6) is 1.71.